The van der Waals surface area contributed by atoms with Crippen LogP contribution < -0.4 is 0 Å². The highest BCUT2D eigenvalue weighted by Gasteiger charge is 2.13. The molecular formula is C23H17N3. The molecular weight excluding hydrogens is 318 g/mol. The molecule has 4 aromatic carbocycles. The van der Waals surface area contributed by atoms with E-state index in [0.29, 0.717) is 0 Å². The molecule has 124 valence electrons. The van der Waals surface area contributed by atoms with E-state index in [9.17, 15) is 0 Å². The first-order chi connectivity index (χ1) is 12.8. The molecule has 5 aromatic rings. The van der Waals surface area contributed by atoms with E-state index in [2.05, 4.69) is 99.7 Å². The van der Waals surface area contributed by atoms with E-state index in [1.807, 2.05) is 6.92 Å². The lowest BCUT2D eigenvalue weighted by molar-refractivity contribution is 0.973. The lowest BCUT2D eigenvalue weighted by Gasteiger charge is -2.11. The van der Waals surface area contributed by atoms with Crippen molar-refractivity contribution in [1.82, 2.24) is 14.8 Å². The monoisotopic (exact) mass is 335 g/mol. The Kier molecular flexibility index (Phi) is 3.32. The van der Waals surface area contributed by atoms with Gasteiger partial charge in [-0.1, -0.05) is 66.7 Å². The summed E-state index contributed by atoms with van der Waals surface area (Å²) in [5.41, 5.74) is 2.15. The Hall–Kier alpha value is -3.46. The van der Waals surface area contributed by atoms with Gasteiger partial charge in [-0.15, -0.1) is 10.2 Å². The lowest BCUT2D eigenvalue weighted by Crippen LogP contribution is -2.00. The molecule has 0 fully saturated rings. The van der Waals surface area contributed by atoms with Gasteiger partial charge in [0.15, 0.2) is 5.82 Å². The molecule has 0 amide bonds. The van der Waals surface area contributed by atoms with Crippen molar-refractivity contribution >= 4 is 21.5 Å². The SMILES string of the molecule is Cc1nnc(-c2ccc3ccccc3c2)n1-c1ccc2ccccc2c1. The Morgan fingerprint density at radius 2 is 1.23 bits per heavy atom. The average molecular weight is 335 g/mol. The summed E-state index contributed by atoms with van der Waals surface area (Å²) in [5, 5.41) is 13.7. The quantitative estimate of drug-likeness (QED) is 0.423. The number of aryl methyl sites for hydroxylation is 1. The molecule has 5 rings (SSSR count). The van der Waals surface area contributed by atoms with Crippen LogP contribution in [0.15, 0.2) is 84.9 Å². The molecule has 3 heteroatoms. The molecule has 0 spiro atoms. The summed E-state index contributed by atoms with van der Waals surface area (Å²) < 4.78 is 2.12. The molecule has 0 radical (unpaired) electrons. The number of hydrogen-bond donors (Lipinski definition) is 0. The molecule has 1 aromatic heterocycles. The van der Waals surface area contributed by atoms with Gasteiger partial charge in [0, 0.05) is 11.3 Å². The van der Waals surface area contributed by atoms with E-state index in [1.165, 1.54) is 21.5 Å². The largest absolute Gasteiger partial charge is 0.279 e. The molecule has 0 aliphatic carbocycles. The number of nitrogens with zero attached hydrogens (tertiary/aromatic N) is 3. The van der Waals surface area contributed by atoms with Gasteiger partial charge in [-0.25, -0.2) is 0 Å². The minimum absolute atomic E-state index is 0.864. The summed E-state index contributed by atoms with van der Waals surface area (Å²) in [6.07, 6.45) is 0. The smallest absolute Gasteiger partial charge is 0.168 e. The van der Waals surface area contributed by atoms with Gasteiger partial charge < -0.3 is 0 Å². The first-order valence-corrected chi connectivity index (χ1v) is 8.70. The van der Waals surface area contributed by atoms with Crippen molar-refractivity contribution in [2.75, 3.05) is 0 Å². The molecule has 0 bridgehead atoms. The van der Waals surface area contributed by atoms with Gasteiger partial charge in [0.25, 0.3) is 0 Å². The standard InChI is InChI=1S/C23H17N3/c1-16-24-25-23(21-11-10-17-6-2-4-8-19(17)14-21)26(16)22-13-12-18-7-3-5-9-20(18)15-22/h2-15H,1H3. The normalized spacial score (nSPS) is 11.3. The fourth-order valence-corrected chi connectivity index (χ4v) is 3.50. The van der Waals surface area contributed by atoms with Crippen molar-refractivity contribution in [3.8, 4) is 17.1 Å². The third kappa shape index (κ3) is 2.37. The summed E-state index contributed by atoms with van der Waals surface area (Å²) in [4.78, 5) is 0. The van der Waals surface area contributed by atoms with Crippen LogP contribution in [-0.2, 0) is 0 Å². The third-order valence-electron chi connectivity index (χ3n) is 4.82. The predicted molar refractivity (Wildman–Crippen MR) is 107 cm³/mol. The second-order valence-electron chi connectivity index (χ2n) is 6.50. The van der Waals surface area contributed by atoms with Gasteiger partial charge in [0.1, 0.15) is 5.82 Å². The molecule has 0 atom stereocenters. The summed E-state index contributed by atoms with van der Waals surface area (Å²) in [7, 11) is 0. The van der Waals surface area contributed by atoms with Gasteiger partial charge in [0.2, 0.25) is 0 Å². The first-order valence-electron chi connectivity index (χ1n) is 8.70. The van der Waals surface area contributed by atoms with Crippen molar-refractivity contribution in [1.29, 1.82) is 0 Å². The van der Waals surface area contributed by atoms with Crippen molar-refractivity contribution < 1.29 is 0 Å². The number of rotatable bonds is 2. The maximum Gasteiger partial charge on any atom is 0.168 e. The van der Waals surface area contributed by atoms with Crippen LogP contribution in [0.3, 0.4) is 0 Å². The number of hydrogen-bond acceptors (Lipinski definition) is 2. The molecule has 26 heavy (non-hydrogen) atoms. The maximum atomic E-state index is 4.46. The van der Waals surface area contributed by atoms with Crippen LogP contribution in [0.2, 0.25) is 0 Å². The Morgan fingerprint density at radius 3 is 1.96 bits per heavy atom. The molecule has 1 heterocycles. The summed E-state index contributed by atoms with van der Waals surface area (Å²) in [6.45, 7) is 1.99. The van der Waals surface area contributed by atoms with Crippen molar-refractivity contribution in [3.63, 3.8) is 0 Å². The van der Waals surface area contributed by atoms with Crippen LogP contribution in [-0.4, -0.2) is 14.8 Å². The van der Waals surface area contributed by atoms with E-state index in [1.54, 1.807) is 0 Å². The summed E-state index contributed by atoms with van der Waals surface area (Å²) in [5.74, 6) is 1.74. The molecule has 3 nitrogen and oxygen atoms in total. The summed E-state index contributed by atoms with van der Waals surface area (Å²) >= 11 is 0. The minimum Gasteiger partial charge on any atom is -0.279 e. The van der Waals surface area contributed by atoms with Crippen LogP contribution in [0.1, 0.15) is 5.82 Å². The first kappa shape index (κ1) is 14.8. The Balaban J connectivity index is 1.71. The van der Waals surface area contributed by atoms with E-state index >= 15 is 0 Å². The van der Waals surface area contributed by atoms with E-state index in [4.69, 9.17) is 0 Å². The maximum absolute atomic E-state index is 4.46. The van der Waals surface area contributed by atoms with E-state index < -0.39 is 0 Å². The van der Waals surface area contributed by atoms with Gasteiger partial charge >= 0.3 is 0 Å². The zero-order valence-electron chi connectivity index (χ0n) is 14.4. The Morgan fingerprint density at radius 1 is 0.615 bits per heavy atom. The van der Waals surface area contributed by atoms with E-state index in [-0.39, 0.29) is 0 Å². The molecule has 0 aliphatic heterocycles. The number of aromatic nitrogens is 3. The molecule has 0 saturated carbocycles. The highest BCUT2D eigenvalue weighted by atomic mass is 15.3. The van der Waals surface area contributed by atoms with Gasteiger partial charge in [-0.05, 0) is 46.7 Å². The predicted octanol–water partition coefficient (Wildman–Crippen LogP) is 5.55. The van der Waals surface area contributed by atoms with Crippen LogP contribution >= 0.6 is 0 Å². The molecule has 0 unspecified atom stereocenters. The van der Waals surface area contributed by atoms with Crippen LogP contribution in [0.5, 0.6) is 0 Å². The fourth-order valence-electron chi connectivity index (χ4n) is 3.50. The number of benzene rings is 4. The molecule has 0 aliphatic rings. The number of fused-ring (bicyclic) bond motifs is 2. The van der Waals surface area contributed by atoms with Gasteiger partial charge in [-0.3, -0.25) is 4.57 Å². The average Bonchev–Trinajstić information content (AvgIpc) is 3.08. The van der Waals surface area contributed by atoms with Crippen LogP contribution in [0.4, 0.5) is 0 Å². The highest BCUT2D eigenvalue weighted by molar-refractivity contribution is 5.87. The molecule has 0 saturated heterocycles. The zero-order chi connectivity index (χ0) is 17.5. The second-order valence-corrected chi connectivity index (χ2v) is 6.50. The molecule has 0 N–H and O–H groups in total. The van der Waals surface area contributed by atoms with Crippen molar-refractivity contribution in [2.24, 2.45) is 0 Å². The summed E-state index contributed by atoms with van der Waals surface area (Å²) in [6, 6.07) is 29.7. The third-order valence-corrected chi connectivity index (χ3v) is 4.82. The van der Waals surface area contributed by atoms with Crippen LogP contribution in [0.25, 0.3) is 38.6 Å². The van der Waals surface area contributed by atoms with E-state index in [0.717, 1.165) is 22.9 Å². The zero-order valence-corrected chi connectivity index (χ0v) is 14.4. The van der Waals surface area contributed by atoms with Crippen molar-refractivity contribution in [2.45, 2.75) is 6.92 Å². The van der Waals surface area contributed by atoms with Crippen LogP contribution in [0, 0.1) is 6.92 Å². The minimum atomic E-state index is 0.864. The Bertz CT molecular complexity index is 1250. The fraction of sp³-hybridized carbons (Fsp3) is 0.0435. The lowest BCUT2D eigenvalue weighted by atomic mass is 10.1. The van der Waals surface area contributed by atoms with Gasteiger partial charge in [-0.2, -0.15) is 0 Å². The Labute approximate surface area is 151 Å². The van der Waals surface area contributed by atoms with Gasteiger partial charge in [0.05, 0.1) is 0 Å². The highest BCUT2D eigenvalue weighted by Crippen LogP contribution is 2.27. The second kappa shape index (κ2) is 5.81. The van der Waals surface area contributed by atoms with Crippen molar-refractivity contribution in [3.05, 3.63) is 90.8 Å². The topological polar surface area (TPSA) is 30.7 Å².